The molecule has 0 unspecified atom stereocenters. The Morgan fingerprint density at radius 1 is 1.20 bits per heavy atom. The quantitative estimate of drug-likeness (QED) is 0.853. The van der Waals surface area contributed by atoms with Crippen LogP contribution in [-0.2, 0) is 9.59 Å². The van der Waals surface area contributed by atoms with Gasteiger partial charge in [0.2, 0.25) is 5.91 Å². The van der Waals surface area contributed by atoms with Crippen molar-refractivity contribution in [3.05, 3.63) is 35.9 Å². The van der Waals surface area contributed by atoms with Crippen molar-refractivity contribution in [1.82, 2.24) is 15.1 Å². The summed E-state index contributed by atoms with van der Waals surface area (Å²) in [5, 5.41) is 2.80. The average Bonchev–Trinajstić information content (AvgIpc) is 3.32. The Labute approximate surface area is 147 Å². The van der Waals surface area contributed by atoms with Crippen LogP contribution < -0.4 is 5.32 Å². The highest BCUT2D eigenvalue weighted by molar-refractivity contribution is 6.09. The van der Waals surface area contributed by atoms with E-state index in [1.165, 1.54) is 0 Å². The molecule has 6 heteroatoms. The number of imide groups is 1. The standard InChI is InChI=1S/C19H23N3O3/c1-19(14-9-10-14)17(24)22(18(25)20-19)12-16(23)21-11-5-8-15(21)13-6-3-2-4-7-13/h2-4,6-7,14-15H,5,8-12H2,1H3,(H,20,25)/t15-,19-/m0/s1. The molecule has 1 saturated carbocycles. The zero-order valence-electron chi connectivity index (χ0n) is 14.4. The van der Waals surface area contributed by atoms with Crippen LogP contribution in [0.1, 0.15) is 44.2 Å². The van der Waals surface area contributed by atoms with Gasteiger partial charge in [0.25, 0.3) is 5.91 Å². The number of amides is 4. The number of carbonyl (C=O) groups excluding carboxylic acids is 3. The highest BCUT2D eigenvalue weighted by Crippen LogP contribution is 2.42. The summed E-state index contributed by atoms with van der Waals surface area (Å²) in [4.78, 5) is 40.7. The van der Waals surface area contributed by atoms with Gasteiger partial charge >= 0.3 is 6.03 Å². The van der Waals surface area contributed by atoms with Crippen LogP contribution >= 0.6 is 0 Å². The second-order valence-corrected chi connectivity index (χ2v) is 7.45. The molecule has 25 heavy (non-hydrogen) atoms. The second kappa shape index (κ2) is 5.86. The first-order valence-corrected chi connectivity index (χ1v) is 8.99. The van der Waals surface area contributed by atoms with Gasteiger partial charge in [0.05, 0.1) is 6.04 Å². The molecule has 6 nitrogen and oxygen atoms in total. The molecule has 132 valence electrons. The summed E-state index contributed by atoms with van der Waals surface area (Å²) >= 11 is 0. The van der Waals surface area contributed by atoms with E-state index in [2.05, 4.69) is 5.32 Å². The van der Waals surface area contributed by atoms with Gasteiger partial charge in [-0.1, -0.05) is 30.3 Å². The van der Waals surface area contributed by atoms with Gasteiger partial charge in [0.15, 0.2) is 0 Å². The third kappa shape index (κ3) is 2.69. The molecule has 0 aromatic heterocycles. The summed E-state index contributed by atoms with van der Waals surface area (Å²) in [6.07, 6.45) is 3.75. The minimum atomic E-state index is -0.832. The number of likely N-dealkylation sites (tertiary alicyclic amines) is 1. The van der Waals surface area contributed by atoms with Gasteiger partial charge in [0.1, 0.15) is 12.1 Å². The van der Waals surface area contributed by atoms with Gasteiger partial charge in [-0.3, -0.25) is 14.5 Å². The molecule has 3 aliphatic rings. The number of hydrogen-bond acceptors (Lipinski definition) is 3. The first-order valence-electron chi connectivity index (χ1n) is 8.99. The lowest BCUT2D eigenvalue weighted by Crippen LogP contribution is -2.47. The molecule has 0 radical (unpaired) electrons. The van der Waals surface area contributed by atoms with Crippen LogP contribution in [-0.4, -0.2) is 46.3 Å². The Morgan fingerprint density at radius 3 is 2.60 bits per heavy atom. The van der Waals surface area contributed by atoms with Crippen molar-refractivity contribution in [2.75, 3.05) is 13.1 Å². The SMILES string of the molecule is C[C@@]1(C2CC2)NC(=O)N(CC(=O)N2CCC[C@H]2c2ccccc2)C1=O. The lowest BCUT2D eigenvalue weighted by molar-refractivity contribution is -0.139. The van der Waals surface area contributed by atoms with E-state index in [9.17, 15) is 14.4 Å². The smallest absolute Gasteiger partial charge is 0.325 e. The first-order chi connectivity index (χ1) is 12.0. The Hall–Kier alpha value is -2.37. The molecule has 3 fully saturated rings. The van der Waals surface area contributed by atoms with Gasteiger partial charge in [-0.2, -0.15) is 0 Å². The van der Waals surface area contributed by atoms with Crippen molar-refractivity contribution >= 4 is 17.8 Å². The minimum absolute atomic E-state index is 0.0317. The molecule has 2 heterocycles. The van der Waals surface area contributed by atoms with E-state index in [-0.39, 0.29) is 30.3 Å². The fourth-order valence-electron chi connectivity index (χ4n) is 4.11. The van der Waals surface area contributed by atoms with E-state index in [0.29, 0.717) is 6.54 Å². The van der Waals surface area contributed by atoms with E-state index in [4.69, 9.17) is 0 Å². The number of nitrogens with one attached hydrogen (secondary N) is 1. The summed E-state index contributed by atoms with van der Waals surface area (Å²) in [6.45, 7) is 2.27. The maximum Gasteiger partial charge on any atom is 0.325 e. The molecule has 0 spiro atoms. The van der Waals surface area contributed by atoms with Crippen molar-refractivity contribution in [2.45, 2.75) is 44.2 Å². The van der Waals surface area contributed by atoms with Crippen molar-refractivity contribution in [3.8, 4) is 0 Å². The number of rotatable bonds is 4. The molecule has 2 atom stereocenters. The van der Waals surface area contributed by atoms with E-state index < -0.39 is 11.6 Å². The first kappa shape index (κ1) is 16.1. The third-order valence-electron chi connectivity index (χ3n) is 5.75. The third-order valence-corrected chi connectivity index (χ3v) is 5.75. The van der Waals surface area contributed by atoms with Gasteiger partial charge in [-0.25, -0.2) is 4.79 Å². The molecular weight excluding hydrogens is 318 g/mol. The van der Waals surface area contributed by atoms with Gasteiger partial charge in [0, 0.05) is 6.54 Å². The fraction of sp³-hybridized carbons (Fsp3) is 0.526. The van der Waals surface area contributed by atoms with Gasteiger partial charge in [-0.05, 0) is 44.1 Å². The summed E-state index contributed by atoms with van der Waals surface area (Å²) in [7, 11) is 0. The van der Waals surface area contributed by atoms with Gasteiger partial charge < -0.3 is 10.2 Å². The van der Waals surface area contributed by atoms with Crippen molar-refractivity contribution in [1.29, 1.82) is 0 Å². The summed E-state index contributed by atoms with van der Waals surface area (Å²) in [5.74, 6) is -0.216. The van der Waals surface area contributed by atoms with E-state index in [1.54, 1.807) is 6.92 Å². The summed E-state index contributed by atoms with van der Waals surface area (Å²) < 4.78 is 0. The largest absolute Gasteiger partial charge is 0.334 e. The number of hydrogen-bond donors (Lipinski definition) is 1. The molecule has 1 N–H and O–H groups in total. The number of carbonyl (C=O) groups is 3. The average molecular weight is 341 g/mol. The lowest BCUT2D eigenvalue weighted by atomic mass is 9.96. The van der Waals surface area contributed by atoms with Crippen LogP contribution in [0.15, 0.2) is 30.3 Å². The highest BCUT2D eigenvalue weighted by atomic mass is 16.2. The molecule has 1 aliphatic carbocycles. The predicted molar refractivity (Wildman–Crippen MR) is 91.5 cm³/mol. The fourth-order valence-corrected chi connectivity index (χ4v) is 4.11. The number of nitrogens with zero attached hydrogens (tertiary/aromatic N) is 2. The zero-order chi connectivity index (χ0) is 17.6. The molecule has 2 aliphatic heterocycles. The minimum Gasteiger partial charge on any atom is -0.334 e. The van der Waals surface area contributed by atoms with E-state index >= 15 is 0 Å². The molecule has 0 bridgehead atoms. The zero-order valence-corrected chi connectivity index (χ0v) is 14.4. The van der Waals surface area contributed by atoms with Crippen LogP contribution in [0.5, 0.6) is 0 Å². The van der Waals surface area contributed by atoms with E-state index in [0.717, 1.165) is 36.1 Å². The monoisotopic (exact) mass is 341 g/mol. The molecule has 4 rings (SSSR count). The highest BCUT2D eigenvalue weighted by Gasteiger charge is 2.56. The van der Waals surface area contributed by atoms with Crippen molar-refractivity contribution in [3.63, 3.8) is 0 Å². The van der Waals surface area contributed by atoms with Crippen LogP contribution in [0.4, 0.5) is 4.79 Å². The predicted octanol–water partition coefficient (Wildman–Crippen LogP) is 2.07. The van der Waals surface area contributed by atoms with Crippen LogP contribution in [0.25, 0.3) is 0 Å². The van der Waals surface area contributed by atoms with Crippen LogP contribution in [0, 0.1) is 5.92 Å². The summed E-state index contributed by atoms with van der Waals surface area (Å²) in [6, 6.07) is 9.52. The topological polar surface area (TPSA) is 69.7 Å². The molecule has 2 saturated heterocycles. The molecule has 4 amide bonds. The summed E-state index contributed by atoms with van der Waals surface area (Å²) in [5.41, 5.74) is 0.273. The van der Waals surface area contributed by atoms with Crippen LogP contribution in [0.3, 0.4) is 0 Å². The second-order valence-electron chi connectivity index (χ2n) is 7.45. The maximum atomic E-state index is 12.8. The number of urea groups is 1. The Morgan fingerprint density at radius 2 is 1.92 bits per heavy atom. The Bertz CT molecular complexity index is 716. The van der Waals surface area contributed by atoms with Gasteiger partial charge in [-0.15, -0.1) is 0 Å². The molecule has 1 aromatic rings. The Kier molecular flexibility index (Phi) is 3.78. The van der Waals surface area contributed by atoms with Crippen LogP contribution in [0.2, 0.25) is 0 Å². The Balaban J connectivity index is 1.48. The van der Waals surface area contributed by atoms with E-state index in [1.807, 2.05) is 35.2 Å². The maximum absolute atomic E-state index is 12.8. The van der Waals surface area contributed by atoms with Crippen molar-refractivity contribution < 1.29 is 14.4 Å². The normalized spacial score (nSPS) is 29.2. The molecular formula is C19H23N3O3. The molecule has 1 aromatic carbocycles. The number of benzene rings is 1. The van der Waals surface area contributed by atoms with Crippen molar-refractivity contribution in [2.24, 2.45) is 5.92 Å². The lowest BCUT2D eigenvalue weighted by Gasteiger charge is -2.27.